The average molecular weight is 308 g/mol. The average Bonchev–Trinajstić information content (AvgIpc) is 2.93. The van der Waals surface area contributed by atoms with E-state index in [1.165, 1.54) is 0 Å². The van der Waals surface area contributed by atoms with Crippen LogP contribution in [0.5, 0.6) is 0 Å². The summed E-state index contributed by atoms with van der Waals surface area (Å²) in [5.41, 5.74) is 1.33. The molecule has 1 aromatic rings. The van der Waals surface area contributed by atoms with Crippen molar-refractivity contribution in [3.63, 3.8) is 0 Å². The fraction of sp³-hybridized carbons (Fsp3) is 0.667. The summed E-state index contributed by atoms with van der Waals surface area (Å²) in [7, 11) is 0. The van der Waals surface area contributed by atoms with Crippen molar-refractivity contribution in [2.45, 2.75) is 44.8 Å². The molecule has 0 aromatic carbocycles. The van der Waals surface area contributed by atoms with Gasteiger partial charge in [-0.1, -0.05) is 13.8 Å². The highest BCUT2D eigenvalue weighted by Gasteiger charge is 2.44. The van der Waals surface area contributed by atoms with Gasteiger partial charge in [0, 0.05) is 24.8 Å². The van der Waals surface area contributed by atoms with Crippen molar-refractivity contribution in [3.05, 3.63) is 17.5 Å². The van der Waals surface area contributed by atoms with Crippen LogP contribution in [-0.4, -0.2) is 52.2 Å². The molecule has 0 radical (unpaired) electrons. The van der Waals surface area contributed by atoms with E-state index in [4.69, 9.17) is 0 Å². The van der Waals surface area contributed by atoms with Crippen molar-refractivity contribution in [2.75, 3.05) is 13.1 Å². The summed E-state index contributed by atoms with van der Waals surface area (Å²) < 4.78 is 12.9. The molecule has 0 bridgehead atoms. The number of hydrogen-bond donors (Lipinski definition) is 2. The maximum atomic E-state index is 12.9. The Morgan fingerprint density at radius 3 is 2.82 bits per heavy atom. The van der Waals surface area contributed by atoms with E-state index in [-0.39, 0.29) is 23.8 Å². The molecule has 6 nitrogen and oxygen atoms in total. The maximum Gasteiger partial charge on any atom is 0.274 e. The Labute approximate surface area is 128 Å². The summed E-state index contributed by atoms with van der Waals surface area (Å²) in [5.74, 6) is -0.556. The Kier molecular flexibility index (Phi) is 3.88. The number of rotatable bonds is 4. The lowest BCUT2D eigenvalue weighted by molar-refractivity contribution is -0.123. The first kappa shape index (κ1) is 15.0. The molecule has 7 heteroatoms. The minimum atomic E-state index is -0.988. The second-order valence-corrected chi connectivity index (χ2v) is 6.47. The molecule has 2 N–H and O–H groups in total. The highest BCUT2D eigenvalue weighted by atomic mass is 19.1. The second kappa shape index (κ2) is 5.70. The van der Waals surface area contributed by atoms with Crippen molar-refractivity contribution in [3.8, 4) is 0 Å². The third kappa shape index (κ3) is 2.98. The molecule has 2 fully saturated rings. The van der Waals surface area contributed by atoms with Gasteiger partial charge in [-0.05, 0) is 24.8 Å². The number of carbonyl (C=O) groups is 2. The minimum Gasteiger partial charge on any atom is -0.351 e. The SMILES string of the molecule is CC(C)c1cc(C(=O)N2CC[C@H](NC(=O)[C@@H]3CC3F)C2)n[nH]1. The number of amides is 2. The van der Waals surface area contributed by atoms with Gasteiger partial charge in [-0.15, -0.1) is 0 Å². The van der Waals surface area contributed by atoms with Gasteiger partial charge in [-0.3, -0.25) is 14.7 Å². The van der Waals surface area contributed by atoms with E-state index in [1.807, 2.05) is 13.8 Å². The molecule has 1 unspecified atom stereocenters. The summed E-state index contributed by atoms with van der Waals surface area (Å²) in [5, 5.41) is 9.77. The highest BCUT2D eigenvalue weighted by molar-refractivity contribution is 5.92. The molecule has 1 aliphatic heterocycles. The fourth-order valence-corrected chi connectivity index (χ4v) is 2.71. The van der Waals surface area contributed by atoms with Crippen LogP contribution in [0.25, 0.3) is 0 Å². The van der Waals surface area contributed by atoms with E-state index < -0.39 is 12.1 Å². The van der Waals surface area contributed by atoms with Crippen LogP contribution in [0.1, 0.15) is 48.8 Å². The number of nitrogens with one attached hydrogen (secondary N) is 2. The minimum absolute atomic E-state index is 0.0900. The molecule has 1 saturated heterocycles. The number of H-pyrrole nitrogens is 1. The molecule has 3 atom stereocenters. The molecule has 2 aliphatic rings. The van der Waals surface area contributed by atoms with E-state index in [1.54, 1.807) is 11.0 Å². The summed E-state index contributed by atoms with van der Waals surface area (Å²) in [6, 6.07) is 1.68. The lowest BCUT2D eigenvalue weighted by atomic mass is 10.1. The number of halogens is 1. The fourth-order valence-electron chi connectivity index (χ4n) is 2.71. The summed E-state index contributed by atoms with van der Waals surface area (Å²) in [6.45, 7) is 5.09. The zero-order chi connectivity index (χ0) is 15.9. The zero-order valence-electron chi connectivity index (χ0n) is 12.8. The third-order valence-corrected chi connectivity index (χ3v) is 4.31. The van der Waals surface area contributed by atoms with Crippen molar-refractivity contribution in [1.82, 2.24) is 20.4 Å². The topological polar surface area (TPSA) is 78.1 Å². The van der Waals surface area contributed by atoms with E-state index in [0.29, 0.717) is 31.6 Å². The number of aromatic amines is 1. The molecular weight excluding hydrogens is 287 g/mol. The number of nitrogens with zero attached hydrogens (tertiary/aromatic N) is 2. The van der Waals surface area contributed by atoms with E-state index in [9.17, 15) is 14.0 Å². The first-order valence-electron chi connectivity index (χ1n) is 7.74. The molecule has 3 rings (SSSR count). The molecule has 0 spiro atoms. The van der Waals surface area contributed by atoms with Crippen LogP contribution in [0.2, 0.25) is 0 Å². The molecule has 2 amide bonds. The van der Waals surface area contributed by atoms with E-state index in [2.05, 4.69) is 15.5 Å². The molecule has 1 aliphatic carbocycles. The number of carbonyl (C=O) groups excluding carboxylic acids is 2. The normalized spacial score (nSPS) is 27.3. The Bertz CT molecular complexity index is 586. The van der Waals surface area contributed by atoms with Crippen LogP contribution in [0, 0.1) is 5.92 Å². The van der Waals surface area contributed by atoms with Gasteiger partial charge in [-0.2, -0.15) is 5.10 Å². The number of alkyl halides is 1. The quantitative estimate of drug-likeness (QED) is 0.878. The van der Waals surface area contributed by atoms with Gasteiger partial charge in [0.25, 0.3) is 5.91 Å². The lowest BCUT2D eigenvalue weighted by Gasteiger charge is -2.15. The van der Waals surface area contributed by atoms with Gasteiger partial charge in [0.05, 0.1) is 5.92 Å². The summed E-state index contributed by atoms with van der Waals surface area (Å²) in [4.78, 5) is 25.8. The van der Waals surface area contributed by atoms with Crippen LogP contribution < -0.4 is 5.32 Å². The number of aromatic nitrogens is 2. The van der Waals surface area contributed by atoms with Gasteiger partial charge in [0.2, 0.25) is 5.91 Å². The van der Waals surface area contributed by atoms with Crippen LogP contribution in [-0.2, 0) is 4.79 Å². The van der Waals surface area contributed by atoms with Crippen LogP contribution >= 0.6 is 0 Å². The predicted molar refractivity (Wildman–Crippen MR) is 78.1 cm³/mol. The first-order valence-corrected chi connectivity index (χ1v) is 7.74. The monoisotopic (exact) mass is 308 g/mol. The Morgan fingerprint density at radius 2 is 2.23 bits per heavy atom. The molecule has 120 valence electrons. The van der Waals surface area contributed by atoms with Gasteiger partial charge in [-0.25, -0.2) is 4.39 Å². The Morgan fingerprint density at radius 1 is 1.50 bits per heavy atom. The Hall–Kier alpha value is -1.92. The zero-order valence-corrected chi connectivity index (χ0v) is 12.8. The van der Waals surface area contributed by atoms with Gasteiger partial charge in [0.15, 0.2) is 0 Å². The van der Waals surface area contributed by atoms with Gasteiger partial charge >= 0.3 is 0 Å². The van der Waals surface area contributed by atoms with Crippen LogP contribution in [0.15, 0.2) is 6.07 Å². The number of likely N-dealkylation sites (tertiary alicyclic amines) is 1. The predicted octanol–water partition coefficient (Wildman–Crippen LogP) is 1.22. The van der Waals surface area contributed by atoms with Crippen molar-refractivity contribution >= 4 is 11.8 Å². The molecule has 1 saturated carbocycles. The standard InChI is InChI=1S/C15H21FN4O2/c1-8(2)12-6-13(19-18-12)15(22)20-4-3-9(7-20)17-14(21)10-5-11(10)16/h6,8-11H,3-5,7H2,1-2H3,(H,17,21)(H,18,19)/t9-,10+,11?/m0/s1. The summed E-state index contributed by atoms with van der Waals surface area (Å²) in [6.07, 6.45) is 0.0346. The Balaban J connectivity index is 1.55. The lowest BCUT2D eigenvalue weighted by Crippen LogP contribution is -2.39. The van der Waals surface area contributed by atoms with Crippen LogP contribution in [0.3, 0.4) is 0 Å². The first-order chi connectivity index (χ1) is 10.5. The van der Waals surface area contributed by atoms with Gasteiger partial charge < -0.3 is 10.2 Å². The molecule has 1 aromatic heterocycles. The van der Waals surface area contributed by atoms with Crippen molar-refractivity contribution in [1.29, 1.82) is 0 Å². The molecular formula is C15H21FN4O2. The van der Waals surface area contributed by atoms with Crippen LogP contribution in [0.4, 0.5) is 4.39 Å². The molecule has 22 heavy (non-hydrogen) atoms. The number of hydrogen-bond acceptors (Lipinski definition) is 3. The molecule has 2 heterocycles. The maximum absolute atomic E-state index is 12.9. The van der Waals surface area contributed by atoms with Crippen molar-refractivity contribution in [2.24, 2.45) is 5.92 Å². The smallest absolute Gasteiger partial charge is 0.274 e. The van der Waals surface area contributed by atoms with Gasteiger partial charge in [0.1, 0.15) is 11.9 Å². The largest absolute Gasteiger partial charge is 0.351 e. The summed E-state index contributed by atoms with van der Waals surface area (Å²) >= 11 is 0. The highest BCUT2D eigenvalue weighted by Crippen LogP contribution is 2.34. The van der Waals surface area contributed by atoms with Crippen molar-refractivity contribution < 1.29 is 14.0 Å². The van der Waals surface area contributed by atoms with E-state index in [0.717, 1.165) is 5.69 Å². The second-order valence-electron chi connectivity index (χ2n) is 6.47. The van der Waals surface area contributed by atoms with E-state index >= 15 is 0 Å². The third-order valence-electron chi connectivity index (χ3n) is 4.31.